The summed E-state index contributed by atoms with van der Waals surface area (Å²) in [5.74, 6) is 0.0849. The molecule has 0 N–H and O–H groups in total. The summed E-state index contributed by atoms with van der Waals surface area (Å²) in [6.07, 6.45) is 1.89. The number of methoxy groups -OCH3 is 1. The predicted octanol–water partition coefficient (Wildman–Crippen LogP) is 1.68. The van der Waals surface area contributed by atoms with Crippen LogP contribution in [0.3, 0.4) is 0 Å². The molecular formula is C12H20O4. The Morgan fingerprint density at radius 1 is 1.25 bits per heavy atom. The van der Waals surface area contributed by atoms with Crippen LogP contribution < -0.4 is 0 Å². The Morgan fingerprint density at radius 3 is 2.56 bits per heavy atom. The largest absolute Gasteiger partial charge is 0.353 e. The fourth-order valence-electron chi connectivity index (χ4n) is 3.21. The molecule has 3 aliphatic rings. The van der Waals surface area contributed by atoms with Crippen LogP contribution in [0, 0.1) is 5.92 Å². The van der Waals surface area contributed by atoms with Crippen molar-refractivity contribution < 1.29 is 18.9 Å². The van der Waals surface area contributed by atoms with Crippen LogP contribution in [0.5, 0.6) is 0 Å². The van der Waals surface area contributed by atoms with E-state index in [9.17, 15) is 0 Å². The van der Waals surface area contributed by atoms with Crippen LogP contribution in [0.25, 0.3) is 0 Å². The van der Waals surface area contributed by atoms with E-state index in [0.717, 1.165) is 12.8 Å². The molecule has 0 radical (unpaired) electrons. The van der Waals surface area contributed by atoms with Gasteiger partial charge in [-0.05, 0) is 26.2 Å². The van der Waals surface area contributed by atoms with Gasteiger partial charge in [0.05, 0.1) is 0 Å². The van der Waals surface area contributed by atoms with Gasteiger partial charge in [-0.25, -0.2) is 0 Å². The third kappa shape index (κ3) is 1.30. The maximum absolute atomic E-state index is 6.00. The SMILES string of the molecule is CCC1C[C@@]12O[C@@H](OC)[C@H]1OC(C)(C)OC12. The minimum atomic E-state index is -0.510. The third-order valence-electron chi connectivity index (χ3n) is 4.04. The van der Waals surface area contributed by atoms with Gasteiger partial charge in [-0.15, -0.1) is 0 Å². The van der Waals surface area contributed by atoms with Crippen LogP contribution >= 0.6 is 0 Å². The molecule has 3 fully saturated rings. The zero-order chi connectivity index (χ0) is 11.6. The first-order valence-electron chi connectivity index (χ1n) is 6.08. The average molecular weight is 228 g/mol. The van der Waals surface area contributed by atoms with Crippen LogP contribution in [-0.2, 0) is 18.9 Å². The van der Waals surface area contributed by atoms with Crippen molar-refractivity contribution in [1.82, 2.24) is 0 Å². The van der Waals surface area contributed by atoms with E-state index in [0.29, 0.717) is 5.92 Å². The van der Waals surface area contributed by atoms with Crippen molar-refractivity contribution in [1.29, 1.82) is 0 Å². The fraction of sp³-hybridized carbons (Fsp3) is 1.00. The average Bonchev–Trinajstić information content (AvgIpc) is 2.75. The Morgan fingerprint density at radius 2 is 2.00 bits per heavy atom. The molecule has 2 heterocycles. The van der Waals surface area contributed by atoms with E-state index in [2.05, 4.69) is 6.92 Å². The predicted molar refractivity (Wildman–Crippen MR) is 56.8 cm³/mol. The molecule has 5 atom stereocenters. The molecule has 1 aliphatic carbocycles. The van der Waals surface area contributed by atoms with E-state index in [1.807, 2.05) is 13.8 Å². The molecule has 92 valence electrons. The quantitative estimate of drug-likeness (QED) is 0.720. The van der Waals surface area contributed by atoms with Gasteiger partial charge in [0, 0.05) is 7.11 Å². The maximum atomic E-state index is 6.00. The number of rotatable bonds is 2. The number of ether oxygens (including phenoxy) is 4. The molecule has 0 amide bonds. The lowest BCUT2D eigenvalue weighted by atomic mass is 10.1. The minimum absolute atomic E-state index is 0.0393. The highest BCUT2D eigenvalue weighted by atomic mass is 16.8. The van der Waals surface area contributed by atoms with E-state index in [-0.39, 0.29) is 24.1 Å². The van der Waals surface area contributed by atoms with Crippen LogP contribution in [-0.4, -0.2) is 37.0 Å². The lowest BCUT2D eigenvalue weighted by Crippen LogP contribution is -2.32. The van der Waals surface area contributed by atoms with Crippen molar-refractivity contribution in [2.24, 2.45) is 5.92 Å². The Hall–Kier alpha value is -0.160. The van der Waals surface area contributed by atoms with Crippen molar-refractivity contribution >= 4 is 0 Å². The molecule has 1 saturated carbocycles. The van der Waals surface area contributed by atoms with Gasteiger partial charge in [0.15, 0.2) is 12.1 Å². The van der Waals surface area contributed by atoms with Crippen LogP contribution in [0.15, 0.2) is 0 Å². The molecular weight excluding hydrogens is 208 g/mol. The van der Waals surface area contributed by atoms with Gasteiger partial charge >= 0.3 is 0 Å². The summed E-state index contributed by atoms with van der Waals surface area (Å²) in [5.41, 5.74) is -0.131. The summed E-state index contributed by atoms with van der Waals surface area (Å²) in [6, 6.07) is 0. The van der Waals surface area contributed by atoms with E-state index < -0.39 is 5.79 Å². The summed E-state index contributed by atoms with van der Waals surface area (Å²) in [6.45, 7) is 6.10. The molecule has 2 aliphatic heterocycles. The van der Waals surface area contributed by atoms with Gasteiger partial charge in [0.25, 0.3) is 0 Å². The van der Waals surface area contributed by atoms with E-state index in [1.54, 1.807) is 7.11 Å². The maximum Gasteiger partial charge on any atom is 0.186 e. The van der Waals surface area contributed by atoms with Gasteiger partial charge in [-0.1, -0.05) is 13.3 Å². The number of hydrogen-bond donors (Lipinski definition) is 0. The Labute approximate surface area is 96.2 Å². The van der Waals surface area contributed by atoms with Crippen LogP contribution in [0.2, 0.25) is 0 Å². The smallest absolute Gasteiger partial charge is 0.186 e. The zero-order valence-electron chi connectivity index (χ0n) is 10.4. The van der Waals surface area contributed by atoms with Gasteiger partial charge in [0.2, 0.25) is 0 Å². The second kappa shape index (κ2) is 3.19. The minimum Gasteiger partial charge on any atom is -0.353 e. The van der Waals surface area contributed by atoms with Crippen LogP contribution in [0.1, 0.15) is 33.6 Å². The second-order valence-corrected chi connectivity index (χ2v) is 5.51. The lowest BCUT2D eigenvalue weighted by molar-refractivity contribution is -0.234. The number of hydrogen-bond acceptors (Lipinski definition) is 4. The summed E-state index contributed by atoms with van der Waals surface area (Å²) < 4.78 is 23.2. The first-order chi connectivity index (χ1) is 7.52. The highest BCUT2D eigenvalue weighted by Crippen LogP contribution is 2.61. The Balaban J connectivity index is 1.85. The van der Waals surface area contributed by atoms with Crippen molar-refractivity contribution in [3.63, 3.8) is 0 Å². The molecule has 0 aromatic rings. The summed E-state index contributed by atoms with van der Waals surface area (Å²) in [5, 5.41) is 0. The Bertz CT molecular complexity index is 303. The molecule has 3 rings (SSSR count). The second-order valence-electron chi connectivity index (χ2n) is 5.51. The summed E-state index contributed by atoms with van der Waals surface area (Å²) in [7, 11) is 1.67. The number of fused-ring (bicyclic) bond motifs is 2. The highest BCUT2D eigenvalue weighted by molar-refractivity contribution is 5.18. The zero-order valence-corrected chi connectivity index (χ0v) is 10.4. The molecule has 0 bridgehead atoms. The molecule has 4 nitrogen and oxygen atoms in total. The first-order valence-corrected chi connectivity index (χ1v) is 6.08. The van der Waals surface area contributed by atoms with Crippen molar-refractivity contribution in [3.05, 3.63) is 0 Å². The van der Waals surface area contributed by atoms with Crippen molar-refractivity contribution in [3.8, 4) is 0 Å². The normalized spacial score (nSPS) is 53.2. The molecule has 16 heavy (non-hydrogen) atoms. The first kappa shape index (κ1) is 11.0. The van der Waals surface area contributed by atoms with E-state index in [1.165, 1.54) is 0 Å². The topological polar surface area (TPSA) is 36.9 Å². The fourth-order valence-corrected chi connectivity index (χ4v) is 3.21. The molecule has 2 unspecified atom stereocenters. The lowest BCUT2D eigenvalue weighted by Gasteiger charge is -2.24. The van der Waals surface area contributed by atoms with E-state index >= 15 is 0 Å². The molecule has 0 aromatic carbocycles. The molecule has 4 heteroatoms. The van der Waals surface area contributed by atoms with Crippen LogP contribution in [0.4, 0.5) is 0 Å². The van der Waals surface area contributed by atoms with E-state index in [4.69, 9.17) is 18.9 Å². The van der Waals surface area contributed by atoms with Gasteiger partial charge in [-0.2, -0.15) is 0 Å². The summed E-state index contributed by atoms with van der Waals surface area (Å²) >= 11 is 0. The monoisotopic (exact) mass is 228 g/mol. The third-order valence-corrected chi connectivity index (χ3v) is 4.04. The van der Waals surface area contributed by atoms with Gasteiger partial charge in [-0.3, -0.25) is 0 Å². The molecule has 2 saturated heterocycles. The van der Waals surface area contributed by atoms with Gasteiger partial charge in [0.1, 0.15) is 17.8 Å². The Kier molecular flexibility index (Phi) is 2.19. The van der Waals surface area contributed by atoms with Crippen molar-refractivity contribution in [2.75, 3.05) is 7.11 Å². The highest BCUT2D eigenvalue weighted by Gasteiger charge is 2.72. The molecule has 1 spiro atoms. The van der Waals surface area contributed by atoms with Crippen molar-refractivity contribution in [2.45, 2.75) is 63.5 Å². The standard InChI is InChI=1S/C12H20O4/c1-5-7-6-12(7)9-8(10(13-4)16-12)14-11(2,3)15-9/h7-10H,5-6H2,1-4H3/t7?,8-,9?,10+,12+/m0/s1. The summed E-state index contributed by atoms with van der Waals surface area (Å²) in [4.78, 5) is 0. The van der Waals surface area contributed by atoms with Gasteiger partial charge < -0.3 is 18.9 Å². The molecule has 0 aromatic heterocycles.